The van der Waals surface area contributed by atoms with E-state index in [1.54, 1.807) is 72.8 Å². The van der Waals surface area contributed by atoms with E-state index in [0.29, 0.717) is 22.7 Å². The first-order valence-electron chi connectivity index (χ1n) is 7.60. The van der Waals surface area contributed by atoms with Crippen molar-refractivity contribution >= 4 is 45.3 Å². The van der Waals surface area contributed by atoms with E-state index in [1.807, 2.05) is 12.1 Å². The molecule has 0 aliphatic heterocycles. The van der Waals surface area contributed by atoms with E-state index in [9.17, 15) is 17.5 Å². The lowest BCUT2D eigenvalue weighted by molar-refractivity contribution is 0.563. The fraction of sp³-hybridized carbons (Fsp3) is 0. The largest absolute Gasteiger partial charge is 0.289 e. The summed E-state index contributed by atoms with van der Waals surface area (Å²) in [6.45, 7) is 0. The second-order valence-electron chi connectivity index (χ2n) is 5.24. The highest BCUT2D eigenvalue weighted by Crippen LogP contribution is 2.33. The fourth-order valence-corrected chi connectivity index (χ4v) is 3.72. The maximum Gasteiger partial charge on any atom is 0.266 e. The molecule has 6 nitrogen and oxygen atoms in total. The highest BCUT2D eigenvalue weighted by molar-refractivity contribution is 7.81. The molecule has 2 unspecified atom stereocenters. The molecule has 134 valence electrons. The van der Waals surface area contributed by atoms with E-state index < -0.39 is 22.5 Å². The first-order chi connectivity index (χ1) is 12.6. The molecule has 0 saturated heterocycles. The highest BCUT2D eigenvalue weighted by atomic mass is 32.2. The summed E-state index contributed by atoms with van der Waals surface area (Å²) in [7, 11) is 0. The van der Waals surface area contributed by atoms with Crippen molar-refractivity contribution in [3.05, 3.63) is 84.9 Å². The van der Waals surface area contributed by atoms with Crippen molar-refractivity contribution in [2.75, 3.05) is 8.61 Å². The SMILES string of the molecule is O=S(O)N(c1ccccc1)c1cccc(N(c2ccccc2)S(=O)O)c1. The summed E-state index contributed by atoms with van der Waals surface area (Å²) >= 11 is -4.61. The molecule has 2 N–H and O–H groups in total. The lowest BCUT2D eigenvalue weighted by Gasteiger charge is -2.24. The Labute approximate surface area is 156 Å². The third kappa shape index (κ3) is 4.00. The average Bonchev–Trinajstić information content (AvgIpc) is 2.64. The molecule has 0 aliphatic rings. The molecule has 2 atom stereocenters. The molecule has 3 rings (SSSR count). The van der Waals surface area contributed by atoms with Crippen LogP contribution in [0.1, 0.15) is 0 Å². The Hall–Kier alpha value is -2.52. The van der Waals surface area contributed by atoms with Crippen LogP contribution in [0.25, 0.3) is 0 Å². The molecular weight excluding hydrogens is 372 g/mol. The van der Waals surface area contributed by atoms with Crippen LogP contribution in [0, 0.1) is 0 Å². The topological polar surface area (TPSA) is 81.1 Å². The molecule has 0 amide bonds. The first kappa shape index (κ1) is 18.3. The van der Waals surface area contributed by atoms with E-state index in [4.69, 9.17) is 0 Å². The van der Waals surface area contributed by atoms with Gasteiger partial charge in [-0.1, -0.05) is 42.5 Å². The number of rotatable bonds is 6. The van der Waals surface area contributed by atoms with Crippen molar-refractivity contribution in [3.63, 3.8) is 0 Å². The van der Waals surface area contributed by atoms with Crippen LogP contribution in [0.15, 0.2) is 84.9 Å². The molecule has 8 heteroatoms. The molecule has 26 heavy (non-hydrogen) atoms. The Bertz CT molecular complexity index is 850. The third-order valence-electron chi connectivity index (χ3n) is 3.59. The lowest BCUT2D eigenvalue weighted by Crippen LogP contribution is -2.21. The minimum Gasteiger partial charge on any atom is -0.289 e. The second-order valence-corrected chi connectivity index (χ2v) is 6.89. The van der Waals surface area contributed by atoms with Crippen molar-refractivity contribution < 1.29 is 17.5 Å². The van der Waals surface area contributed by atoms with E-state index in [2.05, 4.69) is 0 Å². The molecule has 0 bridgehead atoms. The lowest BCUT2D eigenvalue weighted by atomic mass is 10.2. The second kappa shape index (κ2) is 8.24. The number of nitrogens with zero attached hydrogens (tertiary/aromatic N) is 2. The molecule has 3 aromatic carbocycles. The third-order valence-corrected chi connectivity index (χ3v) is 5.06. The fourth-order valence-electron chi connectivity index (χ4n) is 2.53. The van der Waals surface area contributed by atoms with Crippen molar-refractivity contribution in [2.45, 2.75) is 0 Å². The number of hydrogen-bond acceptors (Lipinski definition) is 2. The van der Waals surface area contributed by atoms with Gasteiger partial charge in [0.25, 0.3) is 22.5 Å². The smallest absolute Gasteiger partial charge is 0.266 e. The summed E-state index contributed by atoms with van der Waals surface area (Å²) in [6.07, 6.45) is 0. The summed E-state index contributed by atoms with van der Waals surface area (Å²) < 4.78 is 45.8. The molecule has 0 aromatic heterocycles. The number of anilines is 4. The van der Waals surface area contributed by atoms with E-state index in [-0.39, 0.29) is 0 Å². The quantitative estimate of drug-likeness (QED) is 0.619. The van der Waals surface area contributed by atoms with Crippen LogP contribution in [0.4, 0.5) is 22.7 Å². The summed E-state index contributed by atoms with van der Waals surface area (Å²) in [5.74, 6) is 0. The summed E-state index contributed by atoms with van der Waals surface area (Å²) in [5, 5.41) is 0. The molecule has 3 aromatic rings. The van der Waals surface area contributed by atoms with E-state index in [0.717, 1.165) is 0 Å². The molecule has 0 heterocycles. The van der Waals surface area contributed by atoms with Gasteiger partial charge in [0.05, 0.1) is 22.7 Å². The molecule has 0 saturated carbocycles. The zero-order valence-electron chi connectivity index (χ0n) is 13.5. The van der Waals surface area contributed by atoms with Gasteiger partial charge in [0.2, 0.25) is 0 Å². The Balaban J connectivity index is 2.06. The van der Waals surface area contributed by atoms with Crippen molar-refractivity contribution in [1.29, 1.82) is 0 Å². The van der Waals surface area contributed by atoms with Gasteiger partial charge in [-0.05, 0) is 42.5 Å². The van der Waals surface area contributed by atoms with Crippen LogP contribution in [-0.2, 0) is 22.5 Å². The van der Waals surface area contributed by atoms with Gasteiger partial charge >= 0.3 is 0 Å². The van der Waals surface area contributed by atoms with Crippen LogP contribution in [0.2, 0.25) is 0 Å². The maximum atomic E-state index is 11.9. The average molecular weight is 388 g/mol. The Kier molecular flexibility index (Phi) is 5.79. The van der Waals surface area contributed by atoms with Gasteiger partial charge in [0.15, 0.2) is 0 Å². The Morgan fingerprint density at radius 2 is 0.885 bits per heavy atom. The van der Waals surface area contributed by atoms with Crippen LogP contribution in [-0.4, -0.2) is 17.5 Å². The number of para-hydroxylation sites is 2. The van der Waals surface area contributed by atoms with Gasteiger partial charge < -0.3 is 0 Å². The summed E-state index contributed by atoms with van der Waals surface area (Å²) in [5.41, 5.74) is 1.89. The Morgan fingerprint density at radius 3 is 1.23 bits per heavy atom. The van der Waals surface area contributed by atoms with Crippen LogP contribution in [0.5, 0.6) is 0 Å². The minimum atomic E-state index is -2.31. The van der Waals surface area contributed by atoms with Crippen molar-refractivity contribution in [3.8, 4) is 0 Å². The maximum absolute atomic E-state index is 11.9. The molecule has 0 radical (unpaired) electrons. The predicted molar refractivity (Wildman–Crippen MR) is 105 cm³/mol. The molecule has 0 aliphatic carbocycles. The van der Waals surface area contributed by atoms with Gasteiger partial charge in [-0.3, -0.25) is 9.11 Å². The minimum absolute atomic E-state index is 0.418. The highest BCUT2D eigenvalue weighted by Gasteiger charge is 2.19. The standard InChI is InChI=1S/C18H16N2O4S2/c21-25(22)19(15-8-3-1-4-9-15)17-12-7-13-18(14-17)20(26(23)24)16-10-5-2-6-11-16/h1-14H,(H,21,22)(H,23,24). The zero-order valence-corrected chi connectivity index (χ0v) is 15.1. The summed E-state index contributed by atoms with van der Waals surface area (Å²) in [6, 6.07) is 24.1. The zero-order chi connectivity index (χ0) is 18.5. The molecule has 0 spiro atoms. The molecular formula is C18H16N2O4S2. The van der Waals surface area contributed by atoms with E-state index >= 15 is 0 Å². The molecule has 0 fully saturated rings. The van der Waals surface area contributed by atoms with Gasteiger partial charge in [0, 0.05) is 0 Å². The van der Waals surface area contributed by atoms with Crippen LogP contribution >= 0.6 is 0 Å². The van der Waals surface area contributed by atoms with Crippen molar-refractivity contribution in [1.82, 2.24) is 0 Å². The summed E-state index contributed by atoms with van der Waals surface area (Å²) in [4.78, 5) is 0. The van der Waals surface area contributed by atoms with Gasteiger partial charge in [0.1, 0.15) is 0 Å². The van der Waals surface area contributed by atoms with Crippen LogP contribution in [0.3, 0.4) is 0 Å². The number of hydrogen-bond donors (Lipinski definition) is 2. The van der Waals surface area contributed by atoms with Gasteiger partial charge in [-0.25, -0.2) is 17.0 Å². The van der Waals surface area contributed by atoms with E-state index in [1.165, 1.54) is 8.61 Å². The monoisotopic (exact) mass is 388 g/mol. The first-order valence-corrected chi connectivity index (χ1v) is 9.73. The van der Waals surface area contributed by atoms with Crippen LogP contribution < -0.4 is 8.61 Å². The van der Waals surface area contributed by atoms with Gasteiger partial charge in [-0.15, -0.1) is 0 Å². The normalized spacial score (nSPS) is 13.0. The van der Waals surface area contributed by atoms with Gasteiger partial charge in [-0.2, -0.15) is 0 Å². The Morgan fingerprint density at radius 1 is 0.538 bits per heavy atom. The number of benzene rings is 3. The van der Waals surface area contributed by atoms with Crippen molar-refractivity contribution in [2.24, 2.45) is 0 Å². The predicted octanol–water partition coefficient (Wildman–Crippen LogP) is 4.24.